The highest BCUT2D eigenvalue weighted by atomic mass is 16.2. The lowest BCUT2D eigenvalue weighted by Gasteiger charge is -2.37. The van der Waals surface area contributed by atoms with Gasteiger partial charge in [0, 0.05) is 32.4 Å². The van der Waals surface area contributed by atoms with Gasteiger partial charge in [0.2, 0.25) is 11.9 Å². The van der Waals surface area contributed by atoms with Gasteiger partial charge in [-0.05, 0) is 43.7 Å². The van der Waals surface area contributed by atoms with Crippen LogP contribution in [0.4, 0.5) is 5.95 Å². The minimum absolute atomic E-state index is 0.0863. The number of fused-ring (bicyclic) bond motifs is 1. The number of pyridine rings is 1. The minimum Gasteiger partial charge on any atom is -0.342 e. The fourth-order valence-corrected chi connectivity index (χ4v) is 3.89. The van der Waals surface area contributed by atoms with Crippen molar-refractivity contribution in [3.63, 3.8) is 0 Å². The Morgan fingerprint density at radius 1 is 1.12 bits per heavy atom. The summed E-state index contributed by atoms with van der Waals surface area (Å²) in [7, 11) is 0. The number of likely N-dealkylation sites (tertiary alicyclic amines) is 1. The van der Waals surface area contributed by atoms with Gasteiger partial charge in [-0.15, -0.1) is 10.2 Å². The van der Waals surface area contributed by atoms with E-state index in [2.05, 4.69) is 26.9 Å². The molecule has 0 aromatic carbocycles. The second kappa shape index (κ2) is 6.42. The van der Waals surface area contributed by atoms with Crippen molar-refractivity contribution in [2.24, 2.45) is 11.8 Å². The first kappa shape index (κ1) is 15.4. The number of amides is 1. The van der Waals surface area contributed by atoms with E-state index < -0.39 is 0 Å². The molecule has 0 saturated carbocycles. The number of hydrogen-bond donors (Lipinski definition) is 0. The Labute approximate surface area is 142 Å². The van der Waals surface area contributed by atoms with Crippen LogP contribution < -0.4 is 4.90 Å². The van der Waals surface area contributed by atoms with Crippen molar-refractivity contribution in [3.8, 4) is 0 Å². The van der Waals surface area contributed by atoms with E-state index in [0.717, 1.165) is 69.4 Å². The lowest BCUT2D eigenvalue weighted by molar-refractivity contribution is -0.137. The monoisotopic (exact) mass is 327 g/mol. The molecule has 2 aliphatic rings. The van der Waals surface area contributed by atoms with Crippen molar-refractivity contribution >= 4 is 17.5 Å². The zero-order valence-electron chi connectivity index (χ0n) is 14.3. The Balaban J connectivity index is 1.48. The largest absolute Gasteiger partial charge is 0.342 e. The average Bonchev–Trinajstić information content (AvgIpc) is 3.06. The van der Waals surface area contributed by atoms with Crippen LogP contribution in [0.1, 0.15) is 32.6 Å². The smallest absolute Gasteiger partial charge is 0.231 e. The van der Waals surface area contributed by atoms with Crippen molar-refractivity contribution in [1.29, 1.82) is 0 Å². The molecular formula is C18H25N5O. The van der Waals surface area contributed by atoms with E-state index in [0.29, 0.717) is 5.91 Å². The average molecular weight is 327 g/mol. The highest BCUT2D eigenvalue weighted by Crippen LogP contribution is 2.25. The molecule has 2 aromatic heterocycles. The summed E-state index contributed by atoms with van der Waals surface area (Å²) in [6, 6.07) is 5.91. The summed E-state index contributed by atoms with van der Waals surface area (Å²) in [5, 5.41) is 8.59. The molecule has 1 amide bonds. The van der Waals surface area contributed by atoms with E-state index in [1.165, 1.54) is 0 Å². The number of carbonyl (C=O) groups excluding carboxylic acids is 1. The second-order valence-corrected chi connectivity index (χ2v) is 7.22. The van der Waals surface area contributed by atoms with E-state index in [9.17, 15) is 4.79 Å². The SMILES string of the molecule is CC1CCN(C(=O)[C@@H]2CCCN(c3nnc4ccccn34)C2)CC1. The van der Waals surface area contributed by atoms with Gasteiger partial charge in [0.1, 0.15) is 0 Å². The zero-order chi connectivity index (χ0) is 16.5. The van der Waals surface area contributed by atoms with Crippen LogP contribution in [0.5, 0.6) is 0 Å². The van der Waals surface area contributed by atoms with E-state index in [4.69, 9.17) is 0 Å². The summed E-state index contributed by atoms with van der Waals surface area (Å²) in [5.41, 5.74) is 0.853. The molecule has 0 unspecified atom stereocenters. The first-order chi connectivity index (χ1) is 11.7. The molecule has 4 heterocycles. The quantitative estimate of drug-likeness (QED) is 0.848. The Morgan fingerprint density at radius 3 is 2.79 bits per heavy atom. The molecule has 2 fully saturated rings. The van der Waals surface area contributed by atoms with Crippen LogP contribution >= 0.6 is 0 Å². The van der Waals surface area contributed by atoms with Gasteiger partial charge < -0.3 is 9.80 Å². The maximum absolute atomic E-state index is 12.9. The predicted molar refractivity (Wildman–Crippen MR) is 92.9 cm³/mol. The number of anilines is 1. The molecule has 1 atom stereocenters. The number of carbonyl (C=O) groups is 1. The minimum atomic E-state index is 0.0863. The van der Waals surface area contributed by atoms with Crippen LogP contribution in [0.3, 0.4) is 0 Å². The van der Waals surface area contributed by atoms with Gasteiger partial charge in [-0.1, -0.05) is 13.0 Å². The highest BCUT2D eigenvalue weighted by Gasteiger charge is 2.32. The third-order valence-electron chi connectivity index (χ3n) is 5.44. The normalized spacial score (nSPS) is 23.0. The van der Waals surface area contributed by atoms with Crippen LogP contribution in [0.2, 0.25) is 0 Å². The lowest BCUT2D eigenvalue weighted by atomic mass is 9.93. The zero-order valence-corrected chi connectivity index (χ0v) is 14.3. The Morgan fingerprint density at radius 2 is 1.96 bits per heavy atom. The van der Waals surface area contributed by atoms with Crippen molar-refractivity contribution in [1.82, 2.24) is 19.5 Å². The predicted octanol–water partition coefficient (Wildman–Crippen LogP) is 2.20. The molecule has 0 aliphatic carbocycles. The van der Waals surface area contributed by atoms with E-state index >= 15 is 0 Å². The molecule has 128 valence electrons. The molecular weight excluding hydrogens is 302 g/mol. The number of piperidine rings is 2. The highest BCUT2D eigenvalue weighted by molar-refractivity contribution is 5.79. The van der Waals surface area contributed by atoms with Crippen LogP contribution in [0.15, 0.2) is 24.4 Å². The summed E-state index contributed by atoms with van der Waals surface area (Å²) >= 11 is 0. The molecule has 4 rings (SSSR count). The molecule has 0 N–H and O–H groups in total. The second-order valence-electron chi connectivity index (χ2n) is 7.22. The Hall–Kier alpha value is -2.11. The topological polar surface area (TPSA) is 53.7 Å². The van der Waals surface area contributed by atoms with Gasteiger partial charge in [-0.2, -0.15) is 0 Å². The summed E-state index contributed by atoms with van der Waals surface area (Å²) in [6.45, 7) is 5.81. The van der Waals surface area contributed by atoms with Crippen molar-refractivity contribution in [3.05, 3.63) is 24.4 Å². The summed E-state index contributed by atoms with van der Waals surface area (Å²) < 4.78 is 2.01. The van der Waals surface area contributed by atoms with Gasteiger partial charge in [0.15, 0.2) is 5.65 Å². The van der Waals surface area contributed by atoms with Crippen LogP contribution in [0.25, 0.3) is 5.65 Å². The summed E-state index contributed by atoms with van der Waals surface area (Å²) in [5.74, 6) is 2.03. The first-order valence-electron chi connectivity index (χ1n) is 9.06. The lowest BCUT2D eigenvalue weighted by Crippen LogP contribution is -2.47. The van der Waals surface area contributed by atoms with Gasteiger partial charge in [0.05, 0.1) is 5.92 Å². The molecule has 0 bridgehead atoms. The molecule has 2 saturated heterocycles. The molecule has 6 heteroatoms. The molecule has 6 nitrogen and oxygen atoms in total. The Bertz CT molecular complexity index is 719. The standard InChI is InChI=1S/C18H25N5O/c1-14-7-11-21(12-8-14)17(24)15-5-4-9-22(13-15)18-20-19-16-6-2-3-10-23(16)18/h2-3,6,10,14-15H,4-5,7-9,11-13H2,1H3/t15-/m1/s1. The van der Waals surface area contributed by atoms with Crippen molar-refractivity contribution in [2.45, 2.75) is 32.6 Å². The fraction of sp³-hybridized carbons (Fsp3) is 0.611. The molecule has 24 heavy (non-hydrogen) atoms. The maximum atomic E-state index is 12.9. The fourth-order valence-electron chi connectivity index (χ4n) is 3.89. The number of aromatic nitrogens is 3. The molecule has 2 aliphatic heterocycles. The van der Waals surface area contributed by atoms with Gasteiger partial charge in [-0.25, -0.2) is 0 Å². The van der Waals surface area contributed by atoms with Crippen LogP contribution in [-0.2, 0) is 4.79 Å². The number of hydrogen-bond acceptors (Lipinski definition) is 4. The molecule has 2 aromatic rings. The molecule has 0 spiro atoms. The van der Waals surface area contributed by atoms with Crippen molar-refractivity contribution in [2.75, 3.05) is 31.1 Å². The Kier molecular flexibility index (Phi) is 4.12. The van der Waals surface area contributed by atoms with Gasteiger partial charge in [0.25, 0.3) is 0 Å². The van der Waals surface area contributed by atoms with Crippen molar-refractivity contribution < 1.29 is 4.79 Å². The molecule has 0 radical (unpaired) electrons. The number of rotatable bonds is 2. The van der Waals surface area contributed by atoms with E-state index in [-0.39, 0.29) is 5.92 Å². The van der Waals surface area contributed by atoms with Gasteiger partial charge >= 0.3 is 0 Å². The third-order valence-corrected chi connectivity index (χ3v) is 5.44. The van der Waals surface area contributed by atoms with E-state index in [1.54, 1.807) is 0 Å². The third kappa shape index (κ3) is 2.85. The van der Waals surface area contributed by atoms with Crippen LogP contribution in [0, 0.1) is 11.8 Å². The maximum Gasteiger partial charge on any atom is 0.231 e. The van der Waals surface area contributed by atoms with E-state index in [1.807, 2.05) is 28.8 Å². The summed E-state index contributed by atoms with van der Waals surface area (Å²) in [4.78, 5) is 17.2. The summed E-state index contributed by atoms with van der Waals surface area (Å²) in [6.07, 6.45) is 6.27. The van der Waals surface area contributed by atoms with Gasteiger partial charge in [-0.3, -0.25) is 9.20 Å². The first-order valence-corrected chi connectivity index (χ1v) is 9.06. The number of nitrogens with zero attached hydrogens (tertiary/aromatic N) is 5. The van der Waals surface area contributed by atoms with Crippen LogP contribution in [-0.4, -0.2) is 51.6 Å².